The van der Waals surface area contributed by atoms with E-state index in [9.17, 15) is 9.59 Å². The number of nitrogens with zero attached hydrogens (tertiary/aromatic N) is 1. The van der Waals surface area contributed by atoms with Gasteiger partial charge >= 0.3 is 0 Å². The van der Waals surface area contributed by atoms with Crippen LogP contribution < -0.4 is 11.5 Å². The molecule has 19 heavy (non-hydrogen) atoms. The van der Waals surface area contributed by atoms with Crippen LogP contribution in [0.5, 0.6) is 0 Å². The van der Waals surface area contributed by atoms with E-state index < -0.39 is 5.91 Å². The summed E-state index contributed by atoms with van der Waals surface area (Å²) in [6.07, 6.45) is 2.34. The van der Waals surface area contributed by atoms with E-state index >= 15 is 0 Å². The summed E-state index contributed by atoms with van der Waals surface area (Å²) < 4.78 is 0. The van der Waals surface area contributed by atoms with Crippen LogP contribution in [0.3, 0.4) is 0 Å². The first-order chi connectivity index (χ1) is 9.02. The van der Waals surface area contributed by atoms with E-state index in [4.69, 9.17) is 11.5 Å². The number of rotatable bonds is 7. The minimum atomic E-state index is -0.507. The SMILES string of the molecule is CSCCC(=O)N(CC(N)=O)Cc1ccc(N)cc1. The minimum Gasteiger partial charge on any atom is -0.399 e. The van der Waals surface area contributed by atoms with E-state index in [2.05, 4.69) is 0 Å². The van der Waals surface area contributed by atoms with Gasteiger partial charge in [-0.1, -0.05) is 12.1 Å². The third-order valence-corrected chi connectivity index (χ3v) is 3.18. The number of amides is 2. The Morgan fingerprint density at radius 2 is 1.89 bits per heavy atom. The van der Waals surface area contributed by atoms with Gasteiger partial charge in [0.05, 0.1) is 6.54 Å². The van der Waals surface area contributed by atoms with Gasteiger partial charge in [-0.05, 0) is 24.0 Å². The average molecular weight is 281 g/mol. The second-order valence-electron chi connectivity index (χ2n) is 4.20. The van der Waals surface area contributed by atoms with E-state index in [1.54, 1.807) is 23.9 Å². The van der Waals surface area contributed by atoms with Crippen molar-refractivity contribution in [3.63, 3.8) is 0 Å². The molecule has 0 atom stereocenters. The van der Waals surface area contributed by atoms with Crippen molar-refractivity contribution in [2.45, 2.75) is 13.0 Å². The molecule has 0 saturated carbocycles. The van der Waals surface area contributed by atoms with E-state index in [-0.39, 0.29) is 12.5 Å². The lowest BCUT2D eigenvalue weighted by Crippen LogP contribution is -2.38. The van der Waals surface area contributed by atoms with Gasteiger partial charge < -0.3 is 16.4 Å². The summed E-state index contributed by atoms with van der Waals surface area (Å²) >= 11 is 1.59. The van der Waals surface area contributed by atoms with E-state index in [0.717, 1.165) is 11.3 Å². The van der Waals surface area contributed by atoms with Crippen molar-refractivity contribution < 1.29 is 9.59 Å². The summed E-state index contributed by atoms with van der Waals surface area (Å²) in [5, 5.41) is 0. The summed E-state index contributed by atoms with van der Waals surface area (Å²) in [5.41, 5.74) is 12.4. The molecule has 0 aromatic heterocycles. The third-order valence-electron chi connectivity index (χ3n) is 2.57. The van der Waals surface area contributed by atoms with Gasteiger partial charge in [-0.3, -0.25) is 9.59 Å². The van der Waals surface area contributed by atoms with E-state index in [0.29, 0.717) is 18.7 Å². The highest BCUT2D eigenvalue weighted by Crippen LogP contribution is 2.10. The Balaban J connectivity index is 2.70. The molecule has 0 fully saturated rings. The Morgan fingerprint density at radius 1 is 1.26 bits per heavy atom. The molecule has 5 nitrogen and oxygen atoms in total. The van der Waals surface area contributed by atoms with Crippen molar-refractivity contribution in [2.75, 3.05) is 24.3 Å². The largest absolute Gasteiger partial charge is 0.399 e. The number of carbonyl (C=O) groups is 2. The second kappa shape index (κ2) is 7.68. The fourth-order valence-corrected chi connectivity index (χ4v) is 1.99. The molecule has 0 unspecified atom stereocenters. The predicted molar refractivity (Wildman–Crippen MR) is 78.5 cm³/mol. The third kappa shape index (κ3) is 5.65. The van der Waals surface area contributed by atoms with Crippen LogP contribution in [0.25, 0.3) is 0 Å². The van der Waals surface area contributed by atoms with Crippen LogP contribution in [0.4, 0.5) is 5.69 Å². The quantitative estimate of drug-likeness (QED) is 0.725. The van der Waals surface area contributed by atoms with Gasteiger partial charge in [0.2, 0.25) is 11.8 Å². The maximum Gasteiger partial charge on any atom is 0.237 e. The zero-order valence-electron chi connectivity index (χ0n) is 11.0. The first-order valence-electron chi connectivity index (χ1n) is 5.92. The highest BCUT2D eigenvalue weighted by Gasteiger charge is 2.15. The summed E-state index contributed by atoms with van der Waals surface area (Å²) in [4.78, 5) is 24.5. The molecule has 1 rings (SSSR count). The first kappa shape index (κ1) is 15.4. The Bertz CT molecular complexity index is 434. The van der Waals surface area contributed by atoms with E-state index in [1.807, 2.05) is 18.4 Å². The molecule has 6 heteroatoms. The van der Waals surface area contributed by atoms with Gasteiger partial charge in [0, 0.05) is 24.4 Å². The van der Waals surface area contributed by atoms with Gasteiger partial charge in [0.25, 0.3) is 0 Å². The summed E-state index contributed by atoms with van der Waals surface area (Å²) in [5.74, 6) is 0.161. The van der Waals surface area contributed by atoms with Crippen LogP contribution in [0.1, 0.15) is 12.0 Å². The van der Waals surface area contributed by atoms with Crippen molar-refractivity contribution in [1.29, 1.82) is 0 Å². The zero-order chi connectivity index (χ0) is 14.3. The van der Waals surface area contributed by atoms with Crippen LogP contribution in [0.15, 0.2) is 24.3 Å². The molecule has 0 radical (unpaired) electrons. The monoisotopic (exact) mass is 281 g/mol. The molecule has 0 bridgehead atoms. The number of primary amides is 1. The summed E-state index contributed by atoms with van der Waals surface area (Å²) in [6, 6.07) is 7.21. The van der Waals surface area contributed by atoms with Crippen molar-refractivity contribution >= 4 is 29.3 Å². The number of nitrogens with two attached hydrogens (primary N) is 2. The Morgan fingerprint density at radius 3 is 2.42 bits per heavy atom. The lowest BCUT2D eigenvalue weighted by molar-refractivity contribution is -0.135. The molecule has 2 amide bonds. The number of anilines is 1. The Labute approximate surface area is 117 Å². The number of thioether (sulfide) groups is 1. The molecule has 1 aromatic carbocycles. The predicted octanol–water partition coefficient (Wildman–Crippen LogP) is 0.836. The molecular weight excluding hydrogens is 262 g/mol. The molecule has 0 saturated heterocycles. The molecular formula is C13H19N3O2S. The van der Waals surface area contributed by atoms with Gasteiger partial charge in [-0.25, -0.2) is 0 Å². The maximum atomic E-state index is 12.0. The number of nitrogen functional groups attached to an aromatic ring is 1. The molecule has 0 spiro atoms. The fourth-order valence-electron chi connectivity index (χ4n) is 1.61. The molecule has 0 aliphatic rings. The highest BCUT2D eigenvalue weighted by atomic mass is 32.2. The van der Waals surface area contributed by atoms with Crippen LogP contribution in [-0.4, -0.2) is 35.3 Å². The van der Waals surface area contributed by atoms with Gasteiger partial charge in [-0.15, -0.1) is 0 Å². The minimum absolute atomic E-state index is 0.0579. The standard InChI is InChI=1S/C13H19N3O2S/c1-19-7-6-13(18)16(9-12(15)17)8-10-2-4-11(14)5-3-10/h2-5H,6-9,14H2,1H3,(H2,15,17). The summed E-state index contributed by atoms with van der Waals surface area (Å²) in [6.45, 7) is 0.314. The Hall–Kier alpha value is -1.69. The van der Waals surface area contributed by atoms with Crippen molar-refractivity contribution in [3.8, 4) is 0 Å². The van der Waals surface area contributed by atoms with Crippen molar-refractivity contribution in [3.05, 3.63) is 29.8 Å². The second-order valence-corrected chi connectivity index (χ2v) is 5.19. The van der Waals surface area contributed by atoms with Crippen LogP contribution in [0, 0.1) is 0 Å². The number of carbonyl (C=O) groups excluding carboxylic acids is 2. The lowest BCUT2D eigenvalue weighted by Gasteiger charge is -2.21. The topological polar surface area (TPSA) is 89.4 Å². The van der Waals surface area contributed by atoms with Crippen molar-refractivity contribution in [2.24, 2.45) is 5.73 Å². The molecule has 0 aliphatic heterocycles. The van der Waals surface area contributed by atoms with Crippen LogP contribution >= 0.6 is 11.8 Å². The molecule has 104 valence electrons. The molecule has 4 N–H and O–H groups in total. The summed E-state index contributed by atoms with van der Waals surface area (Å²) in [7, 11) is 0. The molecule has 1 aromatic rings. The number of hydrogen-bond donors (Lipinski definition) is 2. The van der Waals surface area contributed by atoms with Crippen molar-refractivity contribution in [1.82, 2.24) is 4.90 Å². The maximum absolute atomic E-state index is 12.0. The Kier molecular flexibility index (Phi) is 6.21. The van der Waals surface area contributed by atoms with Gasteiger partial charge in [-0.2, -0.15) is 11.8 Å². The molecule has 0 aliphatic carbocycles. The smallest absolute Gasteiger partial charge is 0.237 e. The fraction of sp³-hybridized carbons (Fsp3) is 0.385. The highest BCUT2D eigenvalue weighted by molar-refractivity contribution is 7.98. The average Bonchev–Trinajstić information content (AvgIpc) is 2.37. The van der Waals surface area contributed by atoms with Crippen LogP contribution in [-0.2, 0) is 16.1 Å². The van der Waals surface area contributed by atoms with Gasteiger partial charge in [0.1, 0.15) is 0 Å². The zero-order valence-corrected chi connectivity index (χ0v) is 11.8. The molecule has 0 heterocycles. The normalized spacial score (nSPS) is 10.2. The van der Waals surface area contributed by atoms with Gasteiger partial charge in [0.15, 0.2) is 0 Å². The van der Waals surface area contributed by atoms with E-state index in [1.165, 1.54) is 4.90 Å². The first-order valence-corrected chi connectivity index (χ1v) is 7.31. The van der Waals surface area contributed by atoms with Crippen LogP contribution in [0.2, 0.25) is 0 Å². The number of benzene rings is 1. The lowest BCUT2D eigenvalue weighted by atomic mass is 10.2. The number of hydrogen-bond acceptors (Lipinski definition) is 4.